The number of aromatic nitrogens is 1. The largest absolute Gasteiger partial charge is 0.497 e. The summed E-state index contributed by atoms with van der Waals surface area (Å²) in [7, 11) is 3.19. The smallest absolute Gasteiger partial charge is 0.251 e. The van der Waals surface area contributed by atoms with Gasteiger partial charge in [-0.2, -0.15) is 0 Å². The van der Waals surface area contributed by atoms with Crippen LogP contribution >= 0.6 is 0 Å². The van der Waals surface area contributed by atoms with Crippen LogP contribution in [0.3, 0.4) is 0 Å². The number of hydrogen-bond acceptors (Lipinski definition) is 4. The van der Waals surface area contributed by atoms with Crippen molar-refractivity contribution in [2.24, 2.45) is 0 Å². The molecule has 1 aromatic carbocycles. The summed E-state index contributed by atoms with van der Waals surface area (Å²) in [5, 5.41) is 2.84. The fourth-order valence-electron chi connectivity index (χ4n) is 1.80. The number of carbonyl (C=O) groups is 1. The standard InChI is InChI=1S/C15H16N2O3/c1-19-13-3-4-14(20-2)12(9-13)10-17-15(18)11-5-7-16-8-6-11/h3-9H,10H2,1-2H3,(H,17,18). The van der Waals surface area contributed by atoms with Gasteiger partial charge in [-0.05, 0) is 30.3 Å². The quantitative estimate of drug-likeness (QED) is 0.904. The number of pyridine rings is 1. The van der Waals surface area contributed by atoms with Crippen LogP contribution in [0.1, 0.15) is 15.9 Å². The highest BCUT2D eigenvalue weighted by Gasteiger charge is 2.08. The van der Waals surface area contributed by atoms with Crippen molar-refractivity contribution in [2.75, 3.05) is 14.2 Å². The molecular weight excluding hydrogens is 256 g/mol. The lowest BCUT2D eigenvalue weighted by Gasteiger charge is -2.11. The average Bonchev–Trinajstić information content (AvgIpc) is 2.53. The summed E-state index contributed by atoms with van der Waals surface area (Å²) in [6.45, 7) is 0.363. The molecule has 0 radical (unpaired) electrons. The molecule has 0 atom stereocenters. The summed E-state index contributed by atoms with van der Waals surface area (Å²) >= 11 is 0. The Kier molecular flexibility index (Phi) is 4.55. The molecule has 1 N–H and O–H groups in total. The Labute approximate surface area is 117 Å². The van der Waals surface area contributed by atoms with Crippen LogP contribution in [-0.2, 0) is 6.54 Å². The third-order valence-corrected chi connectivity index (χ3v) is 2.87. The summed E-state index contributed by atoms with van der Waals surface area (Å²) in [5.74, 6) is 1.28. The number of hydrogen-bond donors (Lipinski definition) is 1. The van der Waals surface area contributed by atoms with Crippen molar-refractivity contribution in [3.8, 4) is 11.5 Å². The zero-order valence-corrected chi connectivity index (χ0v) is 11.4. The third kappa shape index (κ3) is 3.26. The fraction of sp³-hybridized carbons (Fsp3) is 0.200. The van der Waals surface area contributed by atoms with Crippen molar-refractivity contribution in [1.82, 2.24) is 10.3 Å². The highest BCUT2D eigenvalue weighted by atomic mass is 16.5. The van der Waals surface area contributed by atoms with Crippen molar-refractivity contribution < 1.29 is 14.3 Å². The molecule has 20 heavy (non-hydrogen) atoms. The Hall–Kier alpha value is -2.56. The summed E-state index contributed by atoms with van der Waals surface area (Å²) in [6.07, 6.45) is 3.17. The predicted octanol–water partition coefficient (Wildman–Crippen LogP) is 2.03. The molecule has 0 saturated heterocycles. The van der Waals surface area contributed by atoms with Gasteiger partial charge in [0.2, 0.25) is 0 Å². The second-order valence-electron chi connectivity index (χ2n) is 4.10. The first-order valence-corrected chi connectivity index (χ1v) is 6.13. The maximum Gasteiger partial charge on any atom is 0.251 e. The number of carbonyl (C=O) groups excluding carboxylic acids is 1. The Morgan fingerprint density at radius 3 is 2.55 bits per heavy atom. The molecule has 0 unspecified atom stereocenters. The van der Waals surface area contributed by atoms with E-state index < -0.39 is 0 Å². The van der Waals surface area contributed by atoms with E-state index in [1.165, 1.54) is 0 Å². The number of rotatable bonds is 5. The minimum absolute atomic E-state index is 0.155. The minimum Gasteiger partial charge on any atom is -0.497 e. The lowest BCUT2D eigenvalue weighted by molar-refractivity contribution is 0.0950. The van der Waals surface area contributed by atoms with E-state index in [2.05, 4.69) is 10.3 Å². The van der Waals surface area contributed by atoms with Gasteiger partial charge in [-0.1, -0.05) is 0 Å². The van der Waals surface area contributed by atoms with Crippen LogP contribution in [0.4, 0.5) is 0 Å². The van der Waals surface area contributed by atoms with E-state index >= 15 is 0 Å². The van der Waals surface area contributed by atoms with Crippen molar-refractivity contribution in [1.29, 1.82) is 0 Å². The number of ether oxygens (including phenoxy) is 2. The van der Waals surface area contributed by atoms with Crippen molar-refractivity contribution in [3.63, 3.8) is 0 Å². The molecule has 0 aliphatic rings. The van der Waals surface area contributed by atoms with E-state index in [-0.39, 0.29) is 5.91 Å². The number of benzene rings is 1. The molecule has 1 heterocycles. The monoisotopic (exact) mass is 272 g/mol. The Bertz CT molecular complexity index is 585. The number of amides is 1. The zero-order chi connectivity index (χ0) is 14.4. The molecule has 0 spiro atoms. The van der Waals surface area contributed by atoms with Crippen molar-refractivity contribution in [2.45, 2.75) is 6.54 Å². The second-order valence-corrected chi connectivity index (χ2v) is 4.10. The van der Waals surface area contributed by atoms with E-state index in [0.717, 1.165) is 11.3 Å². The molecule has 0 fully saturated rings. The van der Waals surface area contributed by atoms with Gasteiger partial charge in [0.15, 0.2) is 0 Å². The van der Waals surface area contributed by atoms with E-state index in [1.54, 1.807) is 38.7 Å². The van der Waals surface area contributed by atoms with Gasteiger partial charge in [-0.25, -0.2) is 0 Å². The van der Waals surface area contributed by atoms with Crippen LogP contribution in [0.25, 0.3) is 0 Å². The molecule has 1 aromatic heterocycles. The van der Waals surface area contributed by atoms with E-state index in [4.69, 9.17) is 9.47 Å². The molecule has 0 bridgehead atoms. The van der Waals surface area contributed by atoms with Crippen LogP contribution in [0.2, 0.25) is 0 Å². The topological polar surface area (TPSA) is 60.5 Å². The zero-order valence-electron chi connectivity index (χ0n) is 11.4. The molecular formula is C15H16N2O3. The lowest BCUT2D eigenvalue weighted by atomic mass is 10.1. The van der Waals surface area contributed by atoms with Crippen LogP contribution in [0.15, 0.2) is 42.7 Å². The van der Waals surface area contributed by atoms with Gasteiger partial charge < -0.3 is 14.8 Å². The highest BCUT2D eigenvalue weighted by Crippen LogP contribution is 2.23. The molecule has 0 aliphatic carbocycles. The maximum absolute atomic E-state index is 12.0. The summed E-state index contributed by atoms with van der Waals surface area (Å²) in [5.41, 5.74) is 1.43. The van der Waals surface area contributed by atoms with Gasteiger partial charge in [-0.15, -0.1) is 0 Å². The first kappa shape index (κ1) is 13.9. The molecule has 2 aromatic rings. The van der Waals surface area contributed by atoms with Crippen molar-refractivity contribution in [3.05, 3.63) is 53.9 Å². The normalized spacial score (nSPS) is 9.90. The average molecular weight is 272 g/mol. The summed E-state index contributed by atoms with van der Waals surface area (Å²) in [4.78, 5) is 15.8. The van der Waals surface area contributed by atoms with Crippen LogP contribution in [0, 0.1) is 0 Å². The minimum atomic E-state index is -0.155. The first-order valence-electron chi connectivity index (χ1n) is 6.13. The van der Waals surface area contributed by atoms with E-state index in [0.29, 0.717) is 17.9 Å². The highest BCUT2D eigenvalue weighted by molar-refractivity contribution is 5.93. The van der Waals surface area contributed by atoms with Gasteiger partial charge >= 0.3 is 0 Å². The van der Waals surface area contributed by atoms with Crippen LogP contribution in [-0.4, -0.2) is 25.1 Å². The summed E-state index contributed by atoms with van der Waals surface area (Å²) in [6, 6.07) is 8.79. The molecule has 0 aliphatic heterocycles. The molecule has 2 rings (SSSR count). The van der Waals surface area contributed by atoms with E-state index in [1.807, 2.05) is 18.2 Å². The van der Waals surface area contributed by atoms with Crippen molar-refractivity contribution >= 4 is 5.91 Å². The second kappa shape index (κ2) is 6.56. The molecule has 0 saturated carbocycles. The first-order chi connectivity index (χ1) is 9.74. The number of methoxy groups -OCH3 is 2. The molecule has 1 amide bonds. The lowest BCUT2D eigenvalue weighted by Crippen LogP contribution is -2.23. The van der Waals surface area contributed by atoms with Gasteiger partial charge in [0.1, 0.15) is 11.5 Å². The van der Waals surface area contributed by atoms with Crippen LogP contribution < -0.4 is 14.8 Å². The molecule has 5 heteroatoms. The SMILES string of the molecule is COc1ccc(OC)c(CNC(=O)c2ccncc2)c1. The predicted molar refractivity (Wildman–Crippen MR) is 75.0 cm³/mol. The van der Waals surface area contributed by atoms with E-state index in [9.17, 15) is 4.79 Å². The molecule has 104 valence electrons. The van der Waals surface area contributed by atoms with Crippen LogP contribution in [0.5, 0.6) is 11.5 Å². The fourth-order valence-corrected chi connectivity index (χ4v) is 1.80. The summed E-state index contributed by atoms with van der Waals surface area (Å²) < 4.78 is 10.4. The van der Waals surface area contributed by atoms with Gasteiger partial charge in [0, 0.05) is 30.1 Å². The number of nitrogens with zero attached hydrogens (tertiary/aromatic N) is 1. The number of nitrogens with one attached hydrogen (secondary N) is 1. The Balaban J connectivity index is 2.08. The van der Waals surface area contributed by atoms with Gasteiger partial charge in [-0.3, -0.25) is 9.78 Å². The van der Waals surface area contributed by atoms with Gasteiger partial charge in [0.25, 0.3) is 5.91 Å². The Morgan fingerprint density at radius 1 is 1.15 bits per heavy atom. The Morgan fingerprint density at radius 2 is 1.90 bits per heavy atom. The maximum atomic E-state index is 12.0. The molecule has 5 nitrogen and oxygen atoms in total. The van der Waals surface area contributed by atoms with Gasteiger partial charge in [0.05, 0.1) is 14.2 Å². The third-order valence-electron chi connectivity index (χ3n) is 2.87.